The molecule has 0 amide bonds. The summed E-state index contributed by atoms with van der Waals surface area (Å²) < 4.78 is 26.4. The van der Waals surface area contributed by atoms with E-state index in [0.717, 1.165) is 0 Å². The zero-order chi connectivity index (χ0) is 23.0. The van der Waals surface area contributed by atoms with Crippen LogP contribution in [-0.4, -0.2) is 59.0 Å². The van der Waals surface area contributed by atoms with E-state index in [1.807, 2.05) is 0 Å². The third-order valence-corrected chi connectivity index (χ3v) is 4.51. The number of carbonyl (C=O) groups is 2. The fourth-order valence-electron chi connectivity index (χ4n) is 3.23. The highest BCUT2D eigenvalue weighted by atomic mass is 16.5. The first-order valence-corrected chi connectivity index (χ1v) is 9.59. The standard InChI is InChI=1S/C22H28N2O7/c1-7-31-22(26)19-13(9-11-17(25)28-4)18(15(24-19)12-23-2)14-8-10-16(27-3)21(30-6)20(14)29-5/h8-11,23-24H,7,12H2,1-6H3. The Kier molecular flexibility index (Phi) is 8.51. The number of carbonyl (C=O) groups excluding carboxylic acids is 2. The van der Waals surface area contributed by atoms with Crippen LogP contribution in [0, 0.1) is 0 Å². The molecule has 0 atom stereocenters. The lowest BCUT2D eigenvalue weighted by molar-refractivity contribution is -0.134. The highest BCUT2D eigenvalue weighted by Gasteiger charge is 2.27. The predicted octanol–water partition coefficient (Wildman–Crippen LogP) is 2.79. The number of hydrogen-bond acceptors (Lipinski definition) is 8. The minimum atomic E-state index is -0.559. The van der Waals surface area contributed by atoms with Gasteiger partial charge in [0.25, 0.3) is 0 Å². The summed E-state index contributed by atoms with van der Waals surface area (Å²) in [5.74, 6) is 0.207. The molecule has 0 aliphatic heterocycles. The van der Waals surface area contributed by atoms with E-state index in [9.17, 15) is 9.59 Å². The number of ether oxygens (including phenoxy) is 5. The molecular formula is C22H28N2O7. The average Bonchev–Trinajstić information content (AvgIpc) is 3.14. The van der Waals surface area contributed by atoms with E-state index >= 15 is 0 Å². The summed E-state index contributed by atoms with van der Waals surface area (Å²) in [5.41, 5.74) is 2.65. The molecule has 0 saturated heterocycles. The number of aromatic amines is 1. The Morgan fingerprint density at radius 1 is 1.06 bits per heavy atom. The summed E-state index contributed by atoms with van der Waals surface area (Å²) in [6, 6.07) is 3.54. The first-order chi connectivity index (χ1) is 15.0. The van der Waals surface area contributed by atoms with E-state index in [0.29, 0.717) is 46.2 Å². The molecule has 1 aromatic heterocycles. The maximum Gasteiger partial charge on any atom is 0.355 e. The fourth-order valence-corrected chi connectivity index (χ4v) is 3.23. The van der Waals surface area contributed by atoms with E-state index in [1.54, 1.807) is 26.1 Å². The van der Waals surface area contributed by atoms with Gasteiger partial charge in [-0.15, -0.1) is 0 Å². The maximum absolute atomic E-state index is 12.7. The van der Waals surface area contributed by atoms with E-state index in [2.05, 4.69) is 10.3 Å². The van der Waals surface area contributed by atoms with Crippen molar-refractivity contribution in [1.82, 2.24) is 10.3 Å². The Morgan fingerprint density at radius 2 is 1.77 bits per heavy atom. The predicted molar refractivity (Wildman–Crippen MR) is 116 cm³/mol. The Hall–Kier alpha value is -3.46. The van der Waals surface area contributed by atoms with Gasteiger partial charge in [0.05, 0.1) is 35.0 Å². The number of rotatable bonds is 10. The Balaban J connectivity index is 2.88. The van der Waals surface area contributed by atoms with E-state index < -0.39 is 11.9 Å². The van der Waals surface area contributed by atoms with Crippen LogP contribution in [0.2, 0.25) is 0 Å². The lowest BCUT2D eigenvalue weighted by atomic mass is 9.97. The summed E-state index contributed by atoms with van der Waals surface area (Å²) >= 11 is 0. The zero-order valence-electron chi connectivity index (χ0n) is 18.6. The van der Waals surface area contributed by atoms with Crippen LogP contribution in [0.4, 0.5) is 0 Å². The molecule has 0 unspecified atom stereocenters. The van der Waals surface area contributed by atoms with Gasteiger partial charge in [-0.25, -0.2) is 9.59 Å². The number of hydrogen-bond donors (Lipinski definition) is 2. The summed E-state index contributed by atoms with van der Waals surface area (Å²) in [6.07, 6.45) is 2.75. The van der Waals surface area contributed by atoms with Crippen LogP contribution in [0.3, 0.4) is 0 Å². The van der Waals surface area contributed by atoms with Gasteiger partial charge in [0.1, 0.15) is 5.69 Å². The van der Waals surface area contributed by atoms with Crippen molar-refractivity contribution in [2.45, 2.75) is 13.5 Å². The van der Waals surface area contributed by atoms with Crippen molar-refractivity contribution in [3.8, 4) is 28.4 Å². The fraction of sp³-hybridized carbons (Fsp3) is 0.364. The molecule has 0 saturated carbocycles. The number of aromatic nitrogens is 1. The largest absolute Gasteiger partial charge is 0.493 e. The lowest BCUT2D eigenvalue weighted by Crippen LogP contribution is -2.08. The molecule has 168 valence electrons. The van der Waals surface area contributed by atoms with E-state index in [4.69, 9.17) is 23.7 Å². The van der Waals surface area contributed by atoms with Gasteiger partial charge in [-0.05, 0) is 32.2 Å². The Morgan fingerprint density at radius 3 is 2.32 bits per heavy atom. The number of nitrogens with one attached hydrogen (secondary N) is 2. The van der Waals surface area contributed by atoms with Crippen LogP contribution >= 0.6 is 0 Å². The quantitative estimate of drug-likeness (QED) is 0.436. The van der Waals surface area contributed by atoms with Crippen LogP contribution in [0.1, 0.15) is 28.7 Å². The molecule has 9 heteroatoms. The Bertz CT molecular complexity index is 963. The molecule has 0 aliphatic rings. The van der Waals surface area contributed by atoms with Crippen molar-refractivity contribution in [2.75, 3.05) is 42.1 Å². The number of H-pyrrole nitrogens is 1. The molecule has 0 spiro atoms. The molecule has 0 fully saturated rings. The van der Waals surface area contributed by atoms with Crippen LogP contribution in [0.25, 0.3) is 17.2 Å². The van der Waals surface area contributed by atoms with Crippen molar-refractivity contribution in [1.29, 1.82) is 0 Å². The van der Waals surface area contributed by atoms with Crippen molar-refractivity contribution < 1.29 is 33.3 Å². The molecule has 1 aromatic carbocycles. The first-order valence-electron chi connectivity index (χ1n) is 9.59. The van der Waals surface area contributed by atoms with Gasteiger partial charge in [-0.1, -0.05) is 0 Å². The van der Waals surface area contributed by atoms with Crippen molar-refractivity contribution >= 4 is 18.0 Å². The zero-order valence-corrected chi connectivity index (χ0v) is 18.6. The first kappa shape index (κ1) is 23.8. The molecule has 9 nitrogen and oxygen atoms in total. The SMILES string of the molecule is CCOC(=O)c1[nH]c(CNC)c(-c2ccc(OC)c(OC)c2OC)c1C=CC(=O)OC. The van der Waals surface area contributed by atoms with Crippen molar-refractivity contribution in [3.63, 3.8) is 0 Å². The maximum atomic E-state index is 12.7. The second kappa shape index (κ2) is 11.1. The minimum Gasteiger partial charge on any atom is -0.493 e. The van der Waals surface area contributed by atoms with Crippen LogP contribution in [-0.2, 0) is 20.8 Å². The van der Waals surface area contributed by atoms with Crippen LogP contribution in [0.5, 0.6) is 17.2 Å². The van der Waals surface area contributed by atoms with Crippen molar-refractivity contribution in [3.05, 3.63) is 35.2 Å². The molecule has 2 N–H and O–H groups in total. The number of benzene rings is 1. The average molecular weight is 432 g/mol. The second-order valence-electron chi connectivity index (χ2n) is 6.26. The molecular weight excluding hydrogens is 404 g/mol. The molecule has 0 aliphatic carbocycles. The second-order valence-corrected chi connectivity index (χ2v) is 6.26. The van der Waals surface area contributed by atoms with Crippen LogP contribution in [0.15, 0.2) is 18.2 Å². The molecule has 0 bridgehead atoms. The highest BCUT2D eigenvalue weighted by molar-refractivity contribution is 6.00. The monoisotopic (exact) mass is 432 g/mol. The Labute approximate surface area is 181 Å². The molecule has 2 rings (SSSR count). The normalized spacial score (nSPS) is 10.8. The summed E-state index contributed by atoms with van der Waals surface area (Å²) in [6.45, 7) is 2.33. The summed E-state index contributed by atoms with van der Waals surface area (Å²) in [4.78, 5) is 27.6. The lowest BCUT2D eigenvalue weighted by Gasteiger charge is -2.17. The molecule has 0 radical (unpaired) electrons. The minimum absolute atomic E-state index is 0.203. The molecule has 1 heterocycles. The molecule has 2 aromatic rings. The van der Waals surface area contributed by atoms with Gasteiger partial charge in [0, 0.05) is 35.0 Å². The van der Waals surface area contributed by atoms with E-state index in [1.165, 1.54) is 40.6 Å². The van der Waals surface area contributed by atoms with Gasteiger partial charge in [0.2, 0.25) is 5.75 Å². The summed E-state index contributed by atoms with van der Waals surface area (Å²) in [5, 5.41) is 3.07. The van der Waals surface area contributed by atoms with Gasteiger partial charge in [-0.2, -0.15) is 0 Å². The van der Waals surface area contributed by atoms with Crippen LogP contribution < -0.4 is 19.5 Å². The van der Waals surface area contributed by atoms with Gasteiger partial charge >= 0.3 is 11.9 Å². The van der Waals surface area contributed by atoms with E-state index in [-0.39, 0.29) is 12.3 Å². The van der Waals surface area contributed by atoms with Gasteiger partial charge < -0.3 is 34.0 Å². The van der Waals surface area contributed by atoms with Crippen molar-refractivity contribution in [2.24, 2.45) is 0 Å². The smallest absolute Gasteiger partial charge is 0.355 e. The third-order valence-electron chi connectivity index (χ3n) is 4.51. The molecule has 31 heavy (non-hydrogen) atoms. The third kappa shape index (κ3) is 5.00. The van der Waals surface area contributed by atoms with Gasteiger partial charge in [0.15, 0.2) is 11.5 Å². The number of esters is 2. The topological polar surface area (TPSA) is 108 Å². The highest BCUT2D eigenvalue weighted by Crippen LogP contribution is 2.46. The number of methoxy groups -OCH3 is 4. The van der Waals surface area contributed by atoms with Gasteiger partial charge in [-0.3, -0.25) is 0 Å². The summed E-state index contributed by atoms with van der Waals surface area (Å²) in [7, 11) is 7.62.